The summed E-state index contributed by atoms with van der Waals surface area (Å²) in [6.07, 6.45) is 0. The van der Waals surface area contributed by atoms with Gasteiger partial charge in [-0.15, -0.1) is 0 Å². The maximum atomic E-state index is 10.3. The number of pyridine rings is 1. The third kappa shape index (κ3) is 5.27. The van der Waals surface area contributed by atoms with E-state index in [1.165, 1.54) is 0 Å². The maximum Gasteiger partial charge on any atom is 0.120 e. The molecule has 0 spiro atoms. The van der Waals surface area contributed by atoms with Crippen molar-refractivity contribution >= 4 is 38.9 Å². The molecular weight excluding hydrogens is 412 g/mol. The Hall–Kier alpha value is -3.55. The third-order valence-electron chi connectivity index (χ3n) is 5.67. The SMILES string of the molecule is Cc1ccc2nc3cc(N=Nc4ccc(O)c(CN(C)CCN(C)C)c4)ccc3c(N)c2c1. The normalized spacial score (nSPS) is 12.1. The van der Waals surface area contributed by atoms with Gasteiger partial charge in [-0.1, -0.05) is 11.6 Å². The van der Waals surface area contributed by atoms with Crippen LogP contribution in [-0.4, -0.2) is 54.1 Å². The average molecular weight is 443 g/mol. The second kappa shape index (κ2) is 9.52. The molecule has 7 nitrogen and oxygen atoms in total. The average Bonchev–Trinajstić information content (AvgIpc) is 2.78. The van der Waals surface area contributed by atoms with Crippen LogP contribution >= 0.6 is 0 Å². The molecule has 0 unspecified atom stereocenters. The van der Waals surface area contributed by atoms with Gasteiger partial charge in [0, 0.05) is 36.0 Å². The van der Waals surface area contributed by atoms with E-state index in [9.17, 15) is 5.11 Å². The number of nitrogen functional groups attached to an aromatic ring is 1. The fraction of sp³-hybridized carbons (Fsp3) is 0.269. The van der Waals surface area contributed by atoms with Crippen LogP contribution in [0.5, 0.6) is 5.75 Å². The highest BCUT2D eigenvalue weighted by Gasteiger charge is 2.09. The lowest BCUT2D eigenvalue weighted by Gasteiger charge is -2.19. The summed E-state index contributed by atoms with van der Waals surface area (Å²) < 4.78 is 0. The molecule has 7 heteroatoms. The Kier molecular flexibility index (Phi) is 6.53. The first-order valence-electron chi connectivity index (χ1n) is 11.0. The molecule has 0 saturated carbocycles. The van der Waals surface area contributed by atoms with E-state index in [0.717, 1.165) is 51.7 Å². The summed E-state index contributed by atoms with van der Waals surface area (Å²) in [4.78, 5) is 9.06. The number of hydrogen-bond donors (Lipinski definition) is 2. The van der Waals surface area contributed by atoms with Crippen LogP contribution in [0.15, 0.2) is 64.8 Å². The molecule has 33 heavy (non-hydrogen) atoms. The highest BCUT2D eigenvalue weighted by molar-refractivity contribution is 6.07. The van der Waals surface area contributed by atoms with Gasteiger partial charge in [-0.3, -0.25) is 0 Å². The van der Waals surface area contributed by atoms with Crippen LogP contribution in [0.1, 0.15) is 11.1 Å². The Bertz CT molecular complexity index is 1330. The molecule has 170 valence electrons. The first-order chi connectivity index (χ1) is 15.8. The van der Waals surface area contributed by atoms with Crippen molar-refractivity contribution in [1.29, 1.82) is 0 Å². The topological polar surface area (TPSA) is 90.3 Å². The number of nitrogens with zero attached hydrogens (tertiary/aromatic N) is 5. The smallest absolute Gasteiger partial charge is 0.120 e. The van der Waals surface area contributed by atoms with Gasteiger partial charge in [0.25, 0.3) is 0 Å². The number of anilines is 1. The Morgan fingerprint density at radius 3 is 2.33 bits per heavy atom. The van der Waals surface area contributed by atoms with Crippen molar-refractivity contribution in [2.75, 3.05) is 40.0 Å². The number of hydrogen-bond acceptors (Lipinski definition) is 7. The van der Waals surface area contributed by atoms with Crippen LogP contribution in [0.4, 0.5) is 17.1 Å². The summed E-state index contributed by atoms with van der Waals surface area (Å²) in [5, 5.41) is 20.9. The minimum Gasteiger partial charge on any atom is -0.508 e. The number of aromatic hydroxyl groups is 1. The Labute approximate surface area is 194 Å². The molecule has 1 aromatic heterocycles. The van der Waals surface area contributed by atoms with E-state index in [2.05, 4.69) is 26.1 Å². The molecule has 0 amide bonds. The minimum absolute atomic E-state index is 0.262. The standard InChI is InChI=1S/C26H30N6O/c1-17-5-9-23-22(13-17)26(27)21-8-6-20(15-24(21)28-23)30-29-19-7-10-25(33)18(14-19)16-32(4)12-11-31(2)3/h5-10,13-15,33H,11-12,16H2,1-4H3,(H2,27,28). The summed E-state index contributed by atoms with van der Waals surface area (Å²) in [6, 6.07) is 17.1. The molecule has 3 aromatic carbocycles. The van der Waals surface area contributed by atoms with Gasteiger partial charge in [-0.05, 0) is 76.6 Å². The molecule has 1 heterocycles. The number of aromatic nitrogens is 1. The monoisotopic (exact) mass is 442 g/mol. The highest BCUT2D eigenvalue weighted by Crippen LogP contribution is 2.32. The van der Waals surface area contributed by atoms with E-state index in [1.54, 1.807) is 12.1 Å². The quantitative estimate of drug-likeness (QED) is 0.296. The van der Waals surface area contributed by atoms with Gasteiger partial charge < -0.3 is 20.6 Å². The van der Waals surface area contributed by atoms with Crippen molar-refractivity contribution in [1.82, 2.24) is 14.8 Å². The van der Waals surface area contributed by atoms with Crippen LogP contribution < -0.4 is 5.73 Å². The fourth-order valence-electron chi connectivity index (χ4n) is 3.76. The minimum atomic E-state index is 0.262. The zero-order valence-corrected chi connectivity index (χ0v) is 19.6. The Morgan fingerprint density at radius 1 is 0.848 bits per heavy atom. The van der Waals surface area contributed by atoms with E-state index >= 15 is 0 Å². The van der Waals surface area contributed by atoms with Crippen LogP contribution in [0.25, 0.3) is 21.8 Å². The Balaban J connectivity index is 1.57. The van der Waals surface area contributed by atoms with Gasteiger partial charge >= 0.3 is 0 Å². The molecule has 0 aliphatic heterocycles. The molecule has 0 radical (unpaired) electrons. The van der Waals surface area contributed by atoms with Gasteiger partial charge in [0.1, 0.15) is 5.75 Å². The van der Waals surface area contributed by atoms with Gasteiger partial charge in [-0.2, -0.15) is 10.2 Å². The molecule has 4 aromatic rings. The van der Waals surface area contributed by atoms with Crippen molar-refractivity contribution in [3.63, 3.8) is 0 Å². The van der Waals surface area contributed by atoms with Gasteiger partial charge in [-0.25, -0.2) is 4.98 Å². The number of phenols is 1. The number of likely N-dealkylation sites (N-methyl/N-ethyl adjacent to an activating group) is 2. The molecule has 0 aliphatic rings. The zero-order chi connectivity index (χ0) is 23.5. The Morgan fingerprint density at radius 2 is 1.58 bits per heavy atom. The third-order valence-corrected chi connectivity index (χ3v) is 5.67. The van der Waals surface area contributed by atoms with E-state index < -0.39 is 0 Å². The van der Waals surface area contributed by atoms with Crippen molar-refractivity contribution in [2.24, 2.45) is 10.2 Å². The van der Waals surface area contributed by atoms with Gasteiger partial charge in [0.2, 0.25) is 0 Å². The second-order valence-electron chi connectivity index (χ2n) is 8.80. The van der Waals surface area contributed by atoms with Gasteiger partial charge in [0.15, 0.2) is 0 Å². The molecule has 0 atom stereocenters. The lowest BCUT2D eigenvalue weighted by Crippen LogP contribution is -2.28. The van der Waals surface area contributed by atoms with E-state index in [0.29, 0.717) is 17.9 Å². The van der Waals surface area contributed by atoms with Crippen LogP contribution in [0, 0.1) is 6.92 Å². The van der Waals surface area contributed by atoms with E-state index in [-0.39, 0.29) is 5.75 Å². The number of rotatable bonds is 7. The number of aryl methyl sites for hydroxylation is 1. The molecule has 0 bridgehead atoms. The van der Waals surface area contributed by atoms with Crippen molar-refractivity contribution < 1.29 is 5.11 Å². The molecule has 0 aliphatic carbocycles. The summed E-state index contributed by atoms with van der Waals surface area (Å²) in [5.41, 5.74) is 12.1. The molecule has 0 fully saturated rings. The van der Waals surface area contributed by atoms with Gasteiger partial charge in [0.05, 0.1) is 28.1 Å². The van der Waals surface area contributed by atoms with Crippen LogP contribution in [0.2, 0.25) is 0 Å². The highest BCUT2D eigenvalue weighted by atomic mass is 16.3. The molecular formula is C26H30N6O. The number of azo groups is 1. The van der Waals surface area contributed by atoms with Crippen molar-refractivity contribution in [3.8, 4) is 5.75 Å². The summed E-state index contributed by atoms with van der Waals surface area (Å²) >= 11 is 0. The summed E-state index contributed by atoms with van der Waals surface area (Å²) in [5.74, 6) is 0.262. The predicted molar refractivity (Wildman–Crippen MR) is 136 cm³/mol. The molecule has 4 rings (SSSR count). The maximum absolute atomic E-state index is 10.3. The predicted octanol–water partition coefficient (Wildman–Crippen LogP) is 5.39. The van der Waals surface area contributed by atoms with Crippen LogP contribution in [0.3, 0.4) is 0 Å². The molecule has 3 N–H and O–H groups in total. The zero-order valence-electron chi connectivity index (χ0n) is 19.6. The summed E-state index contributed by atoms with van der Waals surface area (Å²) in [6.45, 7) is 4.53. The summed E-state index contributed by atoms with van der Waals surface area (Å²) in [7, 11) is 6.13. The number of benzene rings is 3. The number of fused-ring (bicyclic) bond motifs is 2. The largest absolute Gasteiger partial charge is 0.508 e. The fourth-order valence-corrected chi connectivity index (χ4v) is 3.76. The second-order valence-corrected chi connectivity index (χ2v) is 8.80. The van der Waals surface area contributed by atoms with E-state index in [1.807, 2.05) is 64.5 Å². The van der Waals surface area contributed by atoms with Crippen LogP contribution in [-0.2, 0) is 6.54 Å². The first kappa shape index (κ1) is 22.6. The van der Waals surface area contributed by atoms with E-state index in [4.69, 9.17) is 10.7 Å². The number of nitrogens with two attached hydrogens (primary N) is 1. The number of phenolic OH excluding ortho intramolecular Hbond substituents is 1. The van der Waals surface area contributed by atoms with Crippen molar-refractivity contribution in [3.05, 3.63) is 65.7 Å². The lowest BCUT2D eigenvalue weighted by molar-refractivity contribution is 0.273. The lowest BCUT2D eigenvalue weighted by atomic mass is 10.1. The first-order valence-corrected chi connectivity index (χ1v) is 11.0. The molecule has 0 saturated heterocycles. The van der Waals surface area contributed by atoms with Crippen molar-refractivity contribution in [2.45, 2.75) is 13.5 Å².